The van der Waals surface area contributed by atoms with Gasteiger partial charge in [-0.25, -0.2) is 0 Å². The van der Waals surface area contributed by atoms with Crippen LogP contribution < -0.4 is 10.5 Å². The largest absolute Gasteiger partial charge is 0.496 e. The van der Waals surface area contributed by atoms with Gasteiger partial charge in [0.05, 0.1) is 7.11 Å². The van der Waals surface area contributed by atoms with Crippen molar-refractivity contribution in [2.45, 2.75) is 44.6 Å². The summed E-state index contributed by atoms with van der Waals surface area (Å²) in [5, 5.41) is 0. The number of benzene rings is 1. The molecule has 0 saturated heterocycles. The summed E-state index contributed by atoms with van der Waals surface area (Å²) in [5.41, 5.74) is 8.70. The average molecular weight is 219 g/mol. The summed E-state index contributed by atoms with van der Waals surface area (Å²) in [6, 6.07) is 6.35. The number of rotatable bonds is 3. The summed E-state index contributed by atoms with van der Waals surface area (Å²) in [4.78, 5) is 0. The molecule has 1 aliphatic rings. The molecule has 2 N–H and O–H groups in total. The normalized spacial score (nSPS) is 18.3. The molecule has 0 amide bonds. The lowest BCUT2D eigenvalue weighted by atomic mass is 9.71. The molecule has 16 heavy (non-hydrogen) atoms. The van der Waals surface area contributed by atoms with Crippen LogP contribution in [0.4, 0.5) is 0 Å². The van der Waals surface area contributed by atoms with E-state index in [2.05, 4.69) is 32.0 Å². The second kappa shape index (κ2) is 4.10. The first kappa shape index (κ1) is 11.5. The van der Waals surface area contributed by atoms with Crippen LogP contribution in [0, 0.1) is 0 Å². The molecule has 0 heterocycles. The predicted octanol–water partition coefficient (Wildman–Crippen LogP) is 3.16. The van der Waals surface area contributed by atoms with Gasteiger partial charge in [-0.05, 0) is 30.7 Å². The van der Waals surface area contributed by atoms with Gasteiger partial charge in [0.25, 0.3) is 0 Å². The lowest BCUT2D eigenvalue weighted by molar-refractivity contribution is 0.243. The summed E-state index contributed by atoms with van der Waals surface area (Å²) >= 11 is 0. The minimum Gasteiger partial charge on any atom is -0.496 e. The van der Waals surface area contributed by atoms with Gasteiger partial charge in [0.1, 0.15) is 5.75 Å². The van der Waals surface area contributed by atoms with E-state index in [1.54, 1.807) is 7.11 Å². The first-order valence-electron chi connectivity index (χ1n) is 6.05. The van der Waals surface area contributed by atoms with Crippen molar-refractivity contribution in [3.05, 3.63) is 29.3 Å². The fourth-order valence-electron chi connectivity index (χ4n) is 2.46. The predicted molar refractivity (Wildman–Crippen MR) is 66.8 cm³/mol. The van der Waals surface area contributed by atoms with Crippen LogP contribution >= 0.6 is 0 Å². The molecule has 1 aromatic carbocycles. The summed E-state index contributed by atoms with van der Waals surface area (Å²) in [7, 11) is 1.74. The lowest BCUT2D eigenvalue weighted by Gasteiger charge is -2.40. The standard InChI is InChI=1S/C14H21NO/c1-10(2)11-6-4-7-12(13(11)16-3)14(15)8-5-9-14/h4,6-7,10H,5,8-9,15H2,1-3H3. The maximum Gasteiger partial charge on any atom is 0.127 e. The Morgan fingerprint density at radius 2 is 2.00 bits per heavy atom. The van der Waals surface area contributed by atoms with Crippen LogP contribution in [0.5, 0.6) is 5.75 Å². The van der Waals surface area contributed by atoms with E-state index >= 15 is 0 Å². The van der Waals surface area contributed by atoms with E-state index in [-0.39, 0.29) is 5.54 Å². The molecule has 0 bridgehead atoms. The van der Waals surface area contributed by atoms with E-state index in [4.69, 9.17) is 10.5 Å². The molecule has 0 atom stereocenters. The fraction of sp³-hybridized carbons (Fsp3) is 0.571. The Morgan fingerprint density at radius 1 is 1.31 bits per heavy atom. The SMILES string of the molecule is COc1c(C(C)C)cccc1C1(N)CCC1. The zero-order valence-electron chi connectivity index (χ0n) is 10.4. The van der Waals surface area contributed by atoms with Crippen LogP contribution in [-0.4, -0.2) is 7.11 Å². The quantitative estimate of drug-likeness (QED) is 0.847. The highest BCUT2D eigenvalue weighted by Gasteiger charge is 2.37. The number of nitrogens with two attached hydrogens (primary N) is 1. The molecule has 0 radical (unpaired) electrons. The van der Waals surface area contributed by atoms with E-state index in [0.717, 1.165) is 18.6 Å². The van der Waals surface area contributed by atoms with Crippen LogP contribution in [-0.2, 0) is 5.54 Å². The van der Waals surface area contributed by atoms with Crippen molar-refractivity contribution >= 4 is 0 Å². The molecular formula is C14H21NO. The molecule has 2 nitrogen and oxygen atoms in total. The molecule has 2 heteroatoms. The van der Waals surface area contributed by atoms with Crippen LogP contribution in [0.2, 0.25) is 0 Å². The Morgan fingerprint density at radius 3 is 2.44 bits per heavy atom. The van der Waals surface area contributed by atoms with Crippen molar-refractivity contribution in [2.24, 2.45) is 5.73 Å². The molecule has 1 aromatic rings. The van der Waals surface area contributed by atoms with E-state index in [0.29, 0.717) is 5.92 Å². The van der Waals surface area contributed by atoms with Gasteiger partial charge in [0.2, 0.25) is 0 Å². The summed E-state index contributed by atoms with van der Waals surface area (Å²) in [6.07, 6.45) is 3.38. The van der Waals surface area contributed by atoms with Gasteiger partial charge in [-0.3, -0.25) is 0 Å². The first-order chi connectivity index (χ1) is 7.58. The molecule has 0 aromatic heterocycles. The molecule has 1 saturated carbocycles. The fourth-order valence-corrected chi connectivity index (χ4v) is 2.46. The Bertz CT molecular complexity index is 380. The summed E-state index contributed by atoms with van der Waals surface area (Å²) < 4.78 is 5.58. The highest BCUT2D eigenvalue weighted by Crippen LogP contribution is 2.44. The molecular weight excluding hydrogens is 198 g/mol. The second-order valence-corrected chi connectivity index (χ2v) is 5.09. The molecule has 0 spiro atoms. The molecule has 88 valence electrons. The van der Waals surface area contributed by atoms with Crippen molar-refractivity contribution in [2.75, 3.05) is 7.11 Å². The Labute approximate surface area is 97.8 Å². The minimum absolute atomic E-state index is 0.143. The second-order valence-electron chi connectivity index (χ2n) is 5.09. The van der Waals surface area contributed by atoms with Crippen molar-refractivity contribution in [1.29, 1.82) is 0 Å². The van der Waals surface area contributed by atoms with Crippen molar-refractivity contribution in [3.63, 3.8) is 0 Å². The summed E-state index contributed by atoms with van der Waals surface area (Å²) in [5.74, 6) is 1.47. The number of ether oxygens (including phenoxy) is 1. The van der Waals surface area contributed by atoms with E-state index in [1.165, 1.54) is 17.5 Å². The average Bonchev–Trinajstić information content (AvgIpc) is 2.24. The topological polar surface area (TPSA) is 35.2 Å². The van der Waals surface area contributed by atoms with E-state index < -0.39 is 0 Å². The van der Waals surface area contributed by atoms with Crippen molar-refractivity contribution in [1.82, 2.24) is 0 Å². The summed E-state index contributed by atoms with van der Waals surface area (Å²) in [6.45, 7) is 4.37. The van der Waals surface area contributed by atoms with Gasteiger partial charge in [-0.1, -0.05) is 32.0 Å². The maximum atomic E-state index is 6.39. The van der Waals surface area contributed by atoms with Crippen molar-refractivity contribution < 1.29 is 4.74 Å². The number of methoxy groups -OCH3 is 1. The number of hydrogen-bond acceptors (Lipinski definition) is 2. The highest BCUT2D eigenvalue weighted by atomic mass is 16.5. The third-order valence-electron chi connectivity index (χ3n) is 3.65. The Balaban J connectivity index is 2.48. The number of para-hydroxylation sites is 1. The van der Waals surface area contributed by atoms with Gasteiger partial charge < -0.3 is 10.5 Å². The van der Waals surface area contributed by atoms with Crippen LogP contribution in [0.15, 0.2) is 18.2 Å². The first-order valence-corrected chi connectivity index (χ1v) is 6.05. The van der Waals surface area contributed by atoms with Crippen LogP contribution in [0.3, 0.4) is 0 Å². The molecule has 0 aliphatic heterocycles. The third kappa shape index (κ3) is 1.71. The van der Waals surface area contributed by atoms with E-state index in [1.807, 2.05) is 0 Å². The molecule has 1 fully saturated rings. The van der Waals surface area contributed by atoms with Gasteiger partial charge in [0.15, 0.2) is 0 Å². The Hall–Kier alpha value is -1.02. The monoisotopic (exact) mass is 219 g/mol. The van der Waals surface area contributed by atoms with Gasteiger partial charge >= 0.3 is 0 Å². The van der Waals surface area contributed by atoms with Crippen LogP contribution in [0.25, 0.3) is 0 Å². The molecule has 2 rings (SSSR count). The van der Waals surface area contributed by atoms with E-state index in [9.17, 15) is 0 Å². The zero-order chi connectivity index (χ0) is 11.8. The molecule has 0 unspecified atom stereocenters. The molecule has 1 aliphatic carbocycles. The zero-order valence-corrected chi connectivity index (χ0v) is 10.4. The van der Waals surface area contributed by atoms with Crippen LogP contribution in [0.1, 0.15) is 50.2 Å². The van der Waals surface area contributed by atoms with Gasteiger partial charge in [0, 0.05) is 11.1 Å². The maximum absolute atomic E-state index is 6.39. The van der Waals surface area contributed by atoms with Gasteiger partial charge in [-0.2, -0.15) is 0 Å². The van der Waals surface area contributed by atoms with Gasteiger partial charge in [-0.15, -0.1) is 0 Å². The third-order valence-corrected chi connectivity index (χ3v) is 3.65. The lowest BCUT2D eigenvalue weighted by Crippen LogP contribution is -2.43. The Kier molecular flexibility index (Phi) is 2.94. The minimum atomic E-state index is -0.143. The number of hydrogen-bond donors (Lipinski definition) is 1. The van der Waals surface area contributed by atoms with Crippen molar-refractivity contribution in [3.8, 4) is 5.75 Å². The highest BCUT2D eigenvalue weighted by molar-refractivity contribution is 5.47. The smallest absolute Gasteiger partial charge is 0.127 e.